The van der Waals surface area contributed by atoms with Crippen LogP contribution in [-0.4, -0.2) is 5.75 Å². The SMILES string of the molecule is CC(CCS)c1cc(Cl)cc(Cl)c1. The maximum Gasteiger partial charge on any atom is 0.0423 e. The minimum atomic E-state index is 0.466. The van der Waals surface area contributed by atoms with Crippen molar-refractivity contribution < 1.29 is 0 Å². The Bertz CT molecular complexity index is 266. The second-order valence-electron chi connectivity index (χ2n) is 3.12. The number of hydrogen-bond acceptors (Lipinski definition) is 1. The zero-order valence-electron chi connectivity index (χ0n) is 7.43. The van der Waals surface area contributed by atoms with E-state index in [1.807, 2.05) is 12.1 Å². The molecule has 0 saturated carbocycles. The number of thiol groups is 1. The molecule has 0 aliphatic rings. The molecule has 1 unspecified atom stereocenters. The molecule has 1 atom stereocenters. The van der Waals surface area contributed by atoms with Crippen molar-refractivity contribution in [1.29, 1.82) is 0 Å². The lowest BCUT2D eigenvalue weighted by atomic mass is 9.99. The highest BCUT2D eigenvalue weighted by Crippen LogP contribution is 2.26. The van der Waals surface area contributed by atoms with Crippen molar-refractivity contribution in [3.63, 3.8) is 0 Å². The predicted molar refractivity (Wildman–Crippen MR) is 63.3 cm³/mol. The highest BCUT2D eigenvalue weighted by molar-refractivity contribution is 7.80. The number of hydrogen-bond donors (Lipinski definition) is 1. The van der Waals surface area contributed by atoms with E-state index < -0.39 is 0 Å². The van der Waals surface area contributed by atoms with Crippen molar-refractivity contribution in [3.05, 3.63) is 33.8 Å². The molecule has 13 heavy (non-hydrogen) atoms. The molecule has 1 aromatic carbocycles. The fourth-order valence-electron chi connectivity index (χ4n) is 1.22. The van der Waals surface area contributed by atoms with Crippen LogP contribution in [0.15, 0.2) is 18.2 Å². The molecule has 0 radical (unpaired) electrons. The van der Waals surface area contributed by atoms with E-state index in [1.54, 1.807) is 6.07 Å². The summed E-state index contributed by atoms with van der Waals surface area (Å²) < 4.78 is 0. The number of rotatable bonds is 3. The summed E-state index contributed by atoms with van der Waals surface area (Å²) in [6.07, 6.45) is 1.04. The summed E-state index contributed by atoms with van der Waals surface area (Å²) in [5.41, 5.74) is 1.19. The van der Waals surface area contributed by atoms with Gasteiger partial charge in [0.25, 0.3) is 0 Å². The van der Waals surface area contributed by atoms with Crippen LogP contribution < -0.4 is 0 Å². The first-order valence-corrected chi connectivity index (χ1v) is 5.59. The topological polar surface area (TPSA) is 0 Å². The third kappa shape index (κ3) is 3.41. The van der Waals surface area contributed by atoms with E-state index in [2.05, 4.69) is 19.6 Å². The average molecular weight is 235 g/mol. The van der Waals surface area contributed by atoms with E-state index in [9.17, 15) is 0 Å². The maximum atomic E-state index is 5.89. The second-order valence-corrected chi connectivity index (χ2v) is 4.44. The van der Waals surface area contributed by atoms with E-state index in [0.717, 1.165) is 12.2 Å². The number of benzene rings is 1. The van der Waals surface area contributed by atoms with E-state index in [4.69, 9.17) is 23.2 Å². The van der Waals surface area contributed by atoms with Gasteiger partial charge in [0.2, 0.25) is 0 Å². The third-order valence-corrected chi connectivity index (χ3v) is 2.71. The molecule has 0 aliphatic heterocycles. The van der Waals surface area contributed by atoms with Crippen LogP contribution in [0.4, 0.5) is 0 Å². The van der Waals surface area contributed by atoms with Crippen LogP contribution in [-0.2, 0) is 0 Å². The quantitative estimate of drug-likeness (QED) is 0.737. The van der Waals surface area contributed by atoms with Gasteiger partial charge in [-0.15, -0.1) is 0 Å². The molecule has 0 fully saturated rings. The molecule has 0 saturated heterocycles. The molecule has 72 valence electrons. The van der Waals surface area contributed by atoms with Gasteiger partial charge in [-0.05, 0) is 41.9 Å². The van der Waals surface area contributed by atoms with Crippen LogP contribution in [0, 0.1) is 0 Å². The molecule has 0 N–H and O–H groups in total. The Balaban J connectivity index is 2.87. The lowest BCUT2D eigenvalue weighted by molar-refractivity contribution is 0.742. The monoisotopic (exact) mass is 234 g/mol. The molecule has 0 amide bonds. The fourth-order valence-corrected chi connectivity index (χ4v) is 2.15. The van der Waals surface area contributed by atoms with Crippen molar-refractivity contribution in [1.82, 2.24) is 0 Å². The Labute approximate surface area is 94.7 Å². The smallest absolute Gasteiger partial charge is 0.0423 e. The summed E-state index contributed by atoms with van der Waals surface area (Å²) in [5, 5.41) is 1.40. The molecule has 0 spiro atoms. The van der Waals surface area contributed by atoms with Gasteiger partial charge in [-0.3, -0.25) is 0 Å². The Hall–Kier alpha value is 0.150. The Morgan fingerprint density at radius 3 is 2.23 bits per heavy atom. The fraction of sp³-hybridized carbons (Fsp3) is 0.400. The van der Waals surface area contributed by atoms with E-state index in [0.29, 0.717) is 16.0 Å². The first-order valence-electron chi connectivity index (χ1n) is 4.20. The first-order chi connectivity index (χ1) is 6.13. The zero-order chi connectivity index (χ0) is 9.84. The van der Waals surface area contributed by atoms with Crippen molar-refractivity contribution in [2.75, 3.05) is 5.75 Å². The molecule has 1 aromatic rings. The maximum absolute atomic E-state index is 5.89. The van der Waals surface area contributed by atoms with Gasteiger partial charge in [-0.25, -0.2) is 0 Å². The normalized spacial score (nSPS) is 12.9. The minimum Gasteiger partial charge on any atom is -0.179 e. The first kappa shape index (κ1) is 11.2. The van der Waals surface area contributed by atoms with Crippen molar-refractivity contribution in [3.8, 4) is 0 Å². The van der Waals surface area contributed by atoms with Crippen LogP contribution in [0.3, 0.4) is 0 Å². The third-order valence-electron chi connectivity index (χ3n) is 2.02. The zero-order valence-corrected chi connectivity index (χ0v) is 9.83. The van der Waals surface area contributed by atoms with Gasteiger partial charge in [-0.2, -0.15) is 12.6 Å². The summed E-state index contributed by atoms with van der Waals surface area (Å²) in [5.74, 6) is 1.35. The predicted octanol–water partition coefficient (Wildman–Crippen LogP) is 4.42. The molecule has 0 aliphatic carbocycles. The summed E-state index contributed by atoms with van der Waals surface area (Å²) in [4.78, 5) is 0. The van der Waals surface area contributed by atoms with Crippen molar-refractivity contribution in [2.45, 2.75) is 19.3 Å². The summed E-state index contributed by atoms with van der Waals surface area (Å²) in [6, 6.07) is 5.67. The molecule has 3 heteroatoms. The van der Waals surface area contributed by atoms with Gasteiger partial charge in [0.1, 0.15) is 0 Å². The Morgan fingerprint density at radius 1 is 1.23 bits per heavy atom. The Morgan fingerprint density at radius 2 is 1.77 bits per heavy atom. The highest BCUT2D eigenvalue weighted by Gasteiger charge is 2.06. The molecular formula is C10H12Cl2S. The van der Waals surface area contributed by atoms with Gasteiger partial charge in [-0.1, -0.05) is 30.1 Å². The lowest BCUT2D eigenvalue weighted by Crippen LogP contribution is -1.94. The molecular weight excluding hydrogens is 223 g/mol. The summed E-state index contributed by atoms with van der Waals surface area (Å²) in [6.45, 7) is 2.15. The highest BCUT2D eigenvalue weighted by atomic mass is 35.5. The lowest BCUT2D eigenvalue weighted by Gasteiger charge is -2.10. The van der Waals surface area contributed by atoms with Gasteiger partial charge in [0.05, 0.1) is 0 Å². The van der Waals surface area contributed by atoms with Crippen LogP contribution >= 0.6 is 35.8 Å². The van der Waals surface area contributed by atoms with E-state index >= 15 is 0 Å². The van der Waals surface area contributed by atoms with Crippen LogP contribution in [0.25, 0.3) is 0 Å². The van der Waals surface area contributed by atoms with Gasteiger partial charge in [0.15, 0.2) is 0 Å². The van der Waals surface area contributed by atoms with Crippen LogP contribution in [0.1, 0.15) is 24.8 Å². The second kappa shape index (κ2) is 5.14. The van der Waals surface area contributed by atoms with Crippen LogP contribution in [0.5, 0.6) is 0 Å². The molecule has 0 aromatic heterocycles. The minimum absolute atomic E-state index is 0.466. The van der Waals surface area contributed by atoms with E-state index in [-0.39, 0.29) is 0 Å². The summed E-state index contributed by atoms with van der Waals surface area (Å²) >= 11 is 16.0. The van der Waals surface area contributed by atoms with Gasteiger partial charge in [0, 0.05) is 10.0 Å². The largest absolute Gasteiger partial charge is 0.179 e. The van der Waals surface area contributed by atoms with Gasteiger partial charge < -0.3 is 0 Å². The molecule has 0 nitrogen and oxygen atoms in total. The average Bonchev–Trinajstić information content (AvgIpc) is 2.03. The van der Waals surface area contributed by atoms with Gasteiger partial charge >= 0.3 is 0 Å². The van der Waals surface area contributed by atoms with E-state index in [1.165, 1.54) is 5.56 Å². The van der Waals surface area contributed by atoms with Crippen LogP contribution in [0.2, 0.25) is 10.0 Å². The summed E-state index contributed by atoms with van der Waals surface area (Å²) in [7, 11) is 0. The standard InChI is InChI=1S/C10H12Cl2S/c1-7(2-3-13)8-4-9(11)6-10(12)5-8/h4-7,13H,2-3H2,1H3. The molecule has 1 rings (SSSR count). The molecule has 0 heterocycles. The van der Waals surface area contributed by atoms with Crippen molar-refractivity contribution in [2.24, 2.45) is 0 Å². The molecule has 0 bridgehead atoms. The number of halogens is 2. The van der Waals surface area contributed by atoms with Crippen molar-refractivity contribution >= 4 is 35.8 Å². The Kier molecular flexibility index (Phi) is 4.43.